The molecule has 1 saturated heterocycles. The minimum absolute atomic E-state index is 0.0462. The Morgan fingerprint density at radius 2 is 2.26 bits per heavy atom. The lowest BCUT2D eigenvalue weighted by Gasteiger charge is -2.33. The van der Waals surface area contributed by atoms with E-state index in [0.29, 0.717) is 23.1 Å². The van der Waals surface area contributed by atoms with Crippen LogP contribution in [0.2, 0.25) is 5.02 Å². The van der Waals surface area contributed by atoms with E-state index in [4.69, 9.17) is 16.3 Å². The number of aromatic nitrogens is 2. The van der Waals surface area contributed by atoms with Crippen molar-refractivity contribution >= 4 is 50.8 Å². The van der Waals surface area contributed by atoms with Crippen molar-refractivity contribution in [3.8, 4) is 5.75 Å². The Balaban J connectivity index is 1.33. The number of para-hydroxylation sites is 1. The number of benzene rings is 1. The molecule has 0 bridgehead atoms. The minimum Gasteiger partial charge on any atom is -0.487 e. The fourth-order valence-electron chi connectivity index (χ4n) is 3.03. The van der Waals surface area contributed by atoms with Gasteiger partial charge in [-0.1, -0.05) is 35.5 Å². The third-order valence-corrected chi connectivity index (χ3v) is 6.80. The van der Waals surface area contributed by atoms with Crippen LogP contribution in [0.5, 0.6) is 5.75 Å². The minimum atomic E-state index is -0.0462. The van der Waals surface area contributed by atoms with Gasteiger partial charge in [0.2, 0.25) is 5.91 Å². The second-order valence-electron chi connectivity index (χ2n) is 6.26. The molecule has 0 N–H and O–H groups in total. The lowest BCUT2D eigenvalue weighted by atomic mass is 10.1. The first-order chi connectivity index (χ1) is 13.2. The van der Waals surface area contributed by atoms with E-state index in [1.807, 2.05) is 23.1 Å². The number of fused-ring (bicyclic) bond motifs is 1. The highest BCUT2D eigenvalue weighted by atomic mass is 35.5. The van der Waals surface area contributed by atoms with Crippen LogP contribution < -0.4 is 4.74 Å². The molecule has 1 unspecified atom stereocenters. The predicted molar refractivity (Wildman–Crippen MR) is 110 cm³/mol. The molecule has 5 nitrogen and oxygen atoms in total. The van der Waals surface area contributed by atoms with Gasteiger partial charge in [0.25, 0.3) is 0 Å². The quantitative estimate of drug-likeness (QED) is 0.569. The van der Waals surface area contributed by atoms with E-state index in [0.717, 1.165) is 33.9 Å². The van der Waals surface area contributed by atoms with Crippen LogP contribution in [0.1, 0.15) is 12.8 Å². The van der Waals surface area contributed by atoms with Crippen LogP contribution in [-0.2, 0) is 4.79 Å². The second-order valence-corrected chi connectivity index (χ2v) is 8.92. The number of thiazole rings is 1. The summed E-state index contributed by atoms with van der Waals surface area (Å²) in [5.74, 6) is 1.13. The first-order valence-electron chi connectivity index (χ1n) is 8.71. The number of rotatable bonds is 5. The maximum Gasteiger partial charge on any atom is 0.233 e. The maximum atomic E-state index is 12.6. The Morgan fingerprint density at radius 3 is 3.11 bits per heavy atom. The standard InChI is InChI=1S/C19H18ClN3O2S2/c20-14-10-21-8-7-16(14)25-13-4-3-9-23(11-13)18(24)12-26-19-22-15-5-1-2-6-17(15)27-19/h1-2,5-8,10,13H,3-4,9,11-12H2. The number of likely N-dealkylation sites (tertiary alicyclic amines) is 1. The molecule has 1 aromatic carbocycles. The molecular weight excluding hydrogens is 402 g/mol. The Hall–Kier alpha value is -1.83. The Kier molecular flexibility index (Phi) is 5.80. The molecule has 1 aliphatic rings. The number of carbonyl (C=O) groups excluding carboxylic acids is 1. The smallest absolute Gasteiger partial charge is 0.233 e. The molecule has 1 fully saturated rings. The summed E-state index contributed by atoms with van der Waals surface area (Å²) < 4.78 is 8.06. The molecule has 1 amide bonds. The first kappa shape index (κ1) is 18.5. The molecule has 0 aliphatic carbocycles. The van der Waals surface area contributed by atoms with Crippen LogP contribution >= 0.6 is 34.7 Å². The van der Waals surface area contributed by atoms with Crippen LogP contribution in [0.25, 0.3) is 10.2 Å². The van der Waals surface area contributed by atoms with Crippen LogP contribution in [-0.4, -0.2) is 45.7 Å². The van der Waals surface area contributed by atoms with Gasteiger partial charge in [-0.2, -0.15) is 0 Å². The summed E-state index contributed by atoms with van der Waals surface area (Å²) >= 11 is 9.24. The van der Waals surface area contributed by atoms with Crippen molar-refractivity contribution in [1.82, 2.24) is 14.9 Å². The van der Waals surface area contributed by atoms with E-state index in [9.17, 15) is 4.79 Å². The van der Waals surface area contributed by atoms with Gasteiger partial charge in [-0.25, -0.2) is 4.98 Å². The molecule has 2 aromatic heterocycles. The maximum absolute atomic E-state index is 12.6. The molecular formula is C19H18ClN3O2S2. The molecule has 3 aromatic rings. The summed E-state index contributed by atoms with van der Waals surface area (Å²) in [7, 11) is 0. The molecule has 1 atom stereocenters. The zero-order chi connectivity index (χ0) is 18.6. The average Bonchev–Trinajstić information content (AvgIpc) is 3.11. The third-order valence-electron chi connectivity index (χ3n) is 4.35. The number of amides is 1. The van der Waals surface area contributed by atoms with Gasteiger partial charge in [0, 0.05) is 25.0 Å². The van der Waals surface area contributed by atoms with Crippen molar-refractivity contribution in [2.75, 3.05) is 18.8 Å². The molecule has 8 heteroatoms. The van der Waals surface area contributed by atoms with E-state index >= 15 is 0 Å². The van der Waals surface area contributed by atoms with Crippen LogP contribution in [0.4, 0.5) is 0 Å². The highest BCUT2D eigenvalue weighted by Crippen LogP contribution is 2.30. The second kappa shape index (κ2) is 8.46. The highest BCUT2D eigenvalue weighted by molar-refractivity contribution is 8.01. The van der Waals surface area contributed by atoms with Crippen molar-refractivity contribution < 1.29 is 9.53 Å². The number of carbonyl (C=O) groups is 1. The van der Waals surface area contributed by atoms with Crippen molar-refractivity contribution in [3.05, 3.63) is 47.7 Å². The normalized spacial score (nSPS) is 17.2. The monoisotopic (exact) mass is 419 g/mol. The third kappa shape index (κ3) is 4.54. The number of thioether (sulfide) groups is 1. The summed E-state index contributed by atoms with van der Waals surface area (Å²) in [6.45, 7) is 1.35. The van der Waals surface area contributed by atoms with E-state index in [-0.39, 0.29) is 12.0 Å². The Morgan fingerprint density at radius 1 is 1.37 bits per heavy atom. The summed E-state index contributed by atoms with van der Waals surface area (Å²) in [5.41, 5.74) is 0.984. The molecule has 0 spiro atoms. The SMILES string of the molecule is O=C(CSc1nc2ccccc2s1)N1CCCC(Oc2ccncc2Cl)C1. The van der Waals surface area contributed by atoms with Gasteiger partial charge in [-0.3, -0.25) is 9.78 Å². The lowest BCUT2D eigenvalue weighted by molar-refractivity contribution is -0.130. The molecule has 0 saturated carbocycles. The van der Waals surface area contributed by atoms with Gasteiger partial charge in [0.05, 0.1) is 22.5 Å². The number of piperidine rings is 1. The number of pyridine rings is 1. The fourth-order valence-corrected chi connectivity index (χ4v) is 5.16. The molecule has 27 heavy (non-hydrogen) atoms. The predicted octanol–water partition coefficient (Wildman–Crippen LogP) is 4.51. The number of ether oxygens (including phenoxy) is 1. The molecule has 140 valence electrons. The van der Waals surface area contributed by atoms with Crippen LogP contribution in [0.3, 0.4) is 0 Å². The highest BCUT2D eigenvalue weighted by Gasteiger charge is 2.25. The number of halogens is 1. The molecule has 4 rings (SSSR count). The zero-order valence-corrected chi connectivity index (χ0v) is 16.9. The zero-order valence-electron chi connectivity index (χ0n) is 14.5. The molecule has 0 radical (unpaired) electrons. The molecule has 1 aliphatic heterocycles. The topological polar surface area (TPSA) is 55.3 Å². The van der Waals surface area contributed by atoms with Gasteiger partial charge in [0.15, 0.2) is 4.34 Å². The molecule has 3 heterocycles. The average molecular weight is 420 g/mol. The van der Waals surface area contributed by atoms with Gasteiger partial charge in [-0.05, 0) is 25.0 Å². The van der Waals surface area contributed by atoms with E-state index in [1.54, 1.807) is 29.8 Å². The van der Waals surface area contributed by atoms with Crippen molar-refractivity contribution in [3.63, 3.8) is 0 Å². The number of nitrogens with zero attached hydrogens (tertiary/aromatic N) is 3. The summed E-state index contributed by atoms with van der Waals surface area (Å²) in [6, 6.07) is 9.78. The van der Waals surface area contributed by atoms with Crippen LogP contribution in [0, 0.1) is 0 Å². The van der Waals surface area contributed by atoms with E-state index < -0.39 is 0 Å². The number of hydrogen-bond donors (Lipinski definition) is 0. The largest absolute Gasteiger partial charge is 0.487 e. The summed E-state index contributed by atoms with van der Waals surface area (Å²) in [5, 5.41) is 0.493. The van der Waals surface area contributed by atoms with E-state index in [1.165, 1.54) is 11.8 Å². The van der Waals surface area contributed by atoms with Gasteiger partial charge >= 0.3 is 0 Å². The van der Waals surface area contributed by atoms with Gasteiger partial charge < -0.3 is 9.64 Å². The van der Waals surface area contributed by atoms with Crippen LogP contribution in [0.15, 0.2) is 47.1 Å². The Bertz CT molecular complexity index is 916. The lowest BCUT2D eigenvalue weighted by Crippen LogP contribution is -2.45. The van der Waals surface area contributed by atoms with Gasteiger partial charge in [0.1, 0.15) is 16.9 Å². The van der Waals surface area contributed by atoms with Crippen molar-refractivity contribution in [2.24, 2.45) is 0 Å². The van der Waals surface area contributed by atoms with Crippen molar-refractivity contribution in [1.29, 1.82) is 0 Å². The van der Waals surface area contributed by atoms with Gasteiger partial charge in [-0.15, -0.1) is 11.3 Å². The Labute approximate surface area is 170 Å². The van der Waals surface area contributed by atoms with E-state index in [2.05, 4.69) is 16.0 Å². The fraction of sp³-hybridized carbons (Fsp3) is 0.316. The van der Waals surface area contributed by atoms with Crippen molar-refractivity contribution in [2.45, 2.75) is 23.3 Å². The first-order valence-corrected chi connectivity index (χ1v) is 10.9. The summed E-state index contributed by atoms with van der Waals surface area (Å²) in [4.78, 5) is 23.1. The number of hydrogen-bond acceptors (Lipinski definition) is 6. The summed E-state index contributed by atoms with van der Waals surface area (Å²) in [6.07, 6.45) is 5.01.